The third-order valence-corrected chi connectivity index (χ3v) is 5.99. The van der Waals surface area contributed by atoms with Crippen LogP contribution in [0.25, 0.3) is 0 Å². The van der Waals surface area contributed by atoms with Gasteiger partial charge in [0.15, 0.2) is 0 Å². The van der Waals surface area contributed by atoms with E-state index in [0.717, 1.165) is 11.8 Å². The maximum Gasteiger partial charge on any atom is 0.00905 e. The van der Waals surface area contributed by atoms with Crippen LogP contribution in [0.3, 0.4) is 0 Å². The van der Waals surface area contributed by atoms with Crippen molar-refractivity contribution in [3.63, 3.8) is 0 Å². The Kier molecular flexibility index (Phi) is 4.38. The predicted octanol–water partition coefficient (Wildman–Crippen LogP) is 3.01. The van der Waals surface area contributed by atoms with Crippen LogP contribution in [0.4, 0.5) is 0 Å². The first-order valence-corrected chi connectivity index (χ1v) is 7.91. The second-order valence-corrected chi connectivity index (χ2v) is 7.53. The van der Waals surface area contributed by atoms with Crippen molar-refractivity contribution in [2.75, 3.05) is 0 Å². The van der Waals surface area contributed by atoms with Gasteiger partial charge in [-0.2, -0.15) is 0 Å². The molecule has 106 valence electrons. The molecular formula is C16H32N2. The number of hydrogen-bond acceptors (Lipinski definition) is 2. The van der Waals surface area contributed by atoms with Gasteiger partial charge in [-0.1, -0.05) is 27.7 Å². The first kappa shape index (κ1) is 14.3. The first-order chi connectivity index (χ1) is 8.40. The van der Waals surface area contributed by atoms with E-state index in [2.05, 4.69) is 27.7 Å². The molecule has 0 heterocycles. The minimum absolute atomic E-state index is 0.418. The normalized spacial score (nSPS) is 54.3. The van der Waals surface area contributed by atoms with Gasteiger partial charge in [-0.15, -0.1) is 0 Å². The molecule has 4 N–H and O–H groups in total. The van der Waals surface area contributed by atoms with Crippen molar-refractivity contribution >= 4 is 0 Å². The molecule has 2 nitrogen and oxygen atoms in total. The summed E-state index contributed by atoms with van der Waals surface area (Å²) in [7, 11) is 0. The van der Waals surface area contributed by atoms with E-state index >= 15 is 0 Å². The maximum atomic E-state index is 6.27. The summed E-state index contributed by atoms with van der Waals surface area (Å²) in [6, 6.07) is 0.837. The summed E-state index contributed by atoms with van der Waals surface area (Å²) in [6.45, 7) is 9.37. The first-order valence-electron chi connectivity index (χ1n) is 7.91. The summed E-state index contributed by atoms with van der Waals surface area (Å²) in [4.78, 5) is 0. The van der Waals surface area contributed by atoms with Crippen LogP contribution in [0.15, 0.2) is 0 Å². The van der Waals surface area contributed by atoms with Crippen molar-refractivity contribution in [3.8, 4) is 0 Å². The Labute approximate surface area is 113 Å². The predicted molar refractivity (Wildman–Crippen MR) is 78.1 cm³/mol. The molecule has 0 aromatic rings. The summed E-state index contributed by atoms with van der Waals surface area (Å²) >= 11 is 0. The summed E-state index contributed by atoms with van der Waals surface area (Å²) < 4.78 is 0. The van der Waals surface area contributed by atoms with E-state index in [0.29, 0.717) is 35.8 Å². The lowest BCUT2D eigenvalue weighted by atomic mass is 9.62. The Morgan fingerprint density at radius 2 is 0.778 bits per heavy atom. The smallest absolute Gasteiger partial charge is 0.00905 e. The highest BCUT2D eigenvalue weighted by atomic mass is 14.7. The Morgan fingerprint density at radius 1 is 0.556 bits per heavy atom. The van der Waals surface area contributed by atoms with E-state index in [4.69, 9.17) is 11.5 Å². The molecule has 2 aliphatic carbocycles. The SMILES string of the molecule is CC1CC(C2CC(C)C(N)C(C)C2)CC(C)C1N. The van der Waals surface area contributed by atoms with E-state index in [1.54, 1.807) is 0 Å². The zero-order chi connectivity index (χ0) is 13.4. The van der Waals surface area contributed by atoms with Gasteiger partial charge in [0.1, 0.15) is 0 Å². The largest absolute Gasteiger partial charge is 0.327 e. The Morgan fingerprint density at radius 3 is 1.00 bits per heavy atom. The Hall–Kier alpha value is -0.0800. The second-order valence-electron chi connectivity index (χ2n) is 7.53. The van der Waals surface area contributed by atoms with Gasteiger partial charge < -0.3 is 11.5 Å². The summed E-state index contributed by atoms with van der Waals surface area (Å²) in [5.41, 5.74) is 12.5. The van der Waals surface area contributed by atoms with Crippen LogP contribution in [0, 0.1) is 35.5 Å². The summed E-state index contributed by atoms with van der Waals surface area (Å²) in [5.74, 6) is 4.57. The lowest BCUT2D eigenvalue weighted by Crippen LogP contribution is -2.46. The van der Waals surface area contributed by atoms with Crippen LogP contribution in [-0.2, 0) is 0 Å². The average Bonchev–Trinajstić information content (AvgIpc) is 2.31. The van der Waals surface area contributed by atoms with Crippen LogP contribution in [0.5, 0.6) is 0 Å². The molecule has 4 atom stereocenters. The minimum Gasteiger partial charge on any atom is -0.327 e. The minimum atomic E-state index is 0.418. The Bertz CT molecular complexity index is 226. The number of hydrogen-bond donors (Lipinski definition) is 2. The Balaban J connectivity index is 2.00. The lowest BCUT2D eigenvalue weighted by molar-refractivity contribution is 0.0738. The standard InChI is InChI=1S/C16H32N2/c1-9-5-13(6-10(2)15(9)17)14-7-11(3)16(18)12(4)8-14/h9-16H,5-8,17-18H2,1-4H3. The molecule has 0 aromatic carbocycles. The number of nitrogens with two attached hydrogens (primary N) is 2. The van der Waals surface area contributed by atoms with Gasteiger partial charge in [0, 0.05) is 12.1 Å². The second kappa shape index (κ2) is 5.50. The molecule has 2 saturated carbocycles. The summed E-state index contributed by atoms with van der Waals surface area (Å²) in [5, 5.41) is 0. The van der Waals surface area contributed by atoms with Gasteiger partial charge in [0.25, 0.3) is 0 Å². The number of rotatable bonds is 1. The zero-order valence-electron chi connectivity index (χ0n) is 12.6. The molecule has 0 aromatic heterocycles. The maximum absolute atomic E-state index is 6.27. The molecule has 2 rings (SSSR count). The molecule has 2 heteroatoms. The quantitative estimate of drug-likeness (QED) is 0.754. The molecule has 0 radical (unpaired) electrons. The van der Waals surface area contributed by atoms with Gasteiger partial charge in [0.2, 0.25) is 0 Å². The molecular weight excluding hydrogens is 220 g/mol. The van der Waals surface area contributed by atoms with Gasteiger partial charge in [0.05, 0.1) is 0 Å². The molecule has 0 bridgehead atoms. The molecule has 2 fully saturated rings. The average molecular weight is 252 g/mol. The highest BCUT2D eigenvalue weighted by molar-refractivity contribution is 4.92. The van der Waals surface area contributed by atoms with Gasteiger partial charge in [-0.3, -0.25) is 0 Å². The van der Waals surface area contributed by atoms with E-state index < -0.39 is 0 Å². The monoisotopic (exact) mass is 252 g/mol. The van der Waals surface area contributed by atoms with E-state index in [1.165, 1.54) is 25.7 Å². The van der Waals surface area contributed by atoms with Crippen molar-refractivity contribution < 1.29 is 0 Å². The molecule has 0 saturated heterocycles. The third-order valence-electron chi connectivity index (χ3n) is 5.99. The van der Waals surface area contributed by atoms with E-state index in [9.17, 15) is 0 Å². The van der Waals surface area contributed by atoms with Crippen molar-refractivity contribution in [2.24, 2.45) is 47.0 Å². The van der Waals surface area contributed by atoms with E-state index in [1.807, 2.05) is 0 Å². The van der Waals surface area contributed by atoms with Crippen molar-refractivity contribution in [2.45, 2.75) is 65.5 Å². The molecule has 4 unspecified atom stereocenters. The van der Waals surface area contributed by atoms with Crippen molar-refractivity contribution in [3.05, 3.63) is 0 Å². The topological polar surface area (TPSA) is 52.0 Å². The molecule has 0 amide bonds. The highest BCUT2D eigenvalue weighted by Crippen LogP contribution is 2.44. The van der Waals surface area contributed by atoms with Gasteiger partial charge in [-0.25, -0.2) is 0 Å². The van der Waals surface area contributed by atoms with Crippen LogP contribution < -0.4 is 11.5 Å². The molecule has 18 heavy (non-hydrogen) atoms. The van der Waals surface area contributed by atoms with Crippen LogP contribution in [0.2, 0.25) is 0 Å². The van der Waals surface area contributed by atoms with Crippen molar-refractivity contribution in [1.29, 1.82) is 0 Å². The summed E-state index contributed by atoms with van der Waals surface area (Å²) in [6.07, 6.45) is 5.35. The van der Waals surface area contributed by atoms with Crippen LogP contribution in [0.1, 0.15) is 53.4 Å². The molecule has 2 aliphatic rings. The van der Waals surface area contributed by atoms with Crippen LogP contribution in [-0.4, -0.2) is 12.1 Å². The zero-order valence-corrected chi connectivity index (χ0v) is 12.6. The van der Waals surface area contributed by atoms with E-state index in [-0.39, 0.29) is 0 Å². The molecule has 0 aliphatic heterocycles. The van der Waals surface area contributed by atoms with Gasteiger partial charge >= 0.3 is 0 Å². The lowest BCUT2D eigenvalue weighted by Gasteiger charge is -2.45. The van der Waals surface area contributed by atoms with Gasteiger partial charge in [-0.05, 0) is 61.2 Å². The fourth-order valence-electron chi connectivity index (χ4n) is 4.62. The van der Waals surface area contributed by atoms with Crippen molar-refractivity contribution in [1.82, 2.24) is 0 Å². The fourth-order valence-corrected chi connectivity index (χ4v) is 4.62. The fraction of sp³-hybridized carbons (Fsp3) is 1.00. The highest BCUT2D eigenvalue weighted by Gasteiger charge is 2.39. The van der Waals surface area contributed by atoms with Crippen LogP contribution >= 0.6 is 0 Å². The third kappa shape index (κ3) is 2.75. The molecule has 0 spiro atoms.